The van der Waals surface area contributed by atoms with Crippen molar-refractivity contribution in [2.75, 3.05) is 18.5 Å². The molecule has 4 rings (SSSR count). The van der Waals surface area contributed by atoms with Gasteiger partial charge in [-0.25, -0.2) is 0 Å². The van der Waals surface area contributed by atoms with Gasteiger partial charge in [-0.2, -0.15) is 0 Å². The number of rotatable bonds is 2. The maximum Gasteiger partial charge on any atom is 0.0493 e. The van der Waals surface area contributed by atoms with Crippen LogP contribution in [0.3, 0.4) is 0 Å². The van der Waals surface area contributed by atoms with E-state index in [0.29, 0.717) is 0 Å². The molecule has 0 amide bonds. The summed E-state index contributed by atoms with van der Waals surface area (Å²) < 4.78 is 0. The molecule has 2 aliphatic rings. The summed E-state index contributed by atoms with van der Waals surface area (Å²) >= 11 is 0. The molecule has 0 unspecified atom stereocenters. The summed E-state index contributed by atoms with van der Waals surface area (Å²) in [5.41, 5.74) is 8.41. The predicted octanol–water partition coefficient (Wildman–Crippen LogP) is 7.43. The molecule has 0 saturated carbocycles. The first-order valence-corrected chi connectivity index (χ1v) is 10.7. The summed E-state index contributed by atoms with van der Waals surface area (Å²) in [6.45, 7) is 13.5. The summed E-state index contributed by atoms with van der Waals surface area (Å²) in [5.74, 6) is 0. The van der Waals surface area contributed by atoms with E-state index >= 15 is 0 Å². The Morgan fingerprint density at radius 2 is 1.59 bits per heavy atom. The Balaban J connectivity index is 1.81. The highest BCUT2D eigenvalue weighted by Crippen LogP contribution is 2.37. The number of nitrogens with zero attached hydrogens (tertiary/aromatic N) is 2. The Kier molecular flexibility index (Phi) is 6.23. The highest BCUT2D eigenvalue weighted by atomic mass is 15.1. The molecule has 2 heteroatoms. The highest BCUT2D eigenvalue weighted by molar-refractivity contribution is 5.89. The molecule has 0 atom stereocenters. The second kappa shape index (κ2) is 9.40. The number of benzene rings is 2. The standard InChI is InChI=1S/C30H28N2/c1-23-11-8-9-18-31(4)20-17-27(21-25(23)3)26-15-16-30-29(22-26)24(2)12-10-19-32(30)28-13-6-5-7-14-28/h5-18,20-22H,1-3,19H2,4H3/b11-8-,18-9-,20-17-,27-21+. The number of fused-ring (bicyclic) bond motifs is 1. The molecular weight excluding hydrogens is 388 g/mol. The van der Waals surface area contributed by atoms with E-state index in [1.807, 2.05) is 48.6 Å². The molecule has 0 aliphatic carbocycles. The molecule has 0 fully saturated rings. The number of para-hydroxylation sites is 1. The second-order valence-electron chi connectivity index (χ2n) is 7.94. The van der Waals surface area contributed by atoms with E-state index in [2.05, 4.69) is 91.4 Å². The van der Waals surface area contributed by atoms with Crippen LogP contribution < -0.4 is 4.90 Å². The Labute approximate surface area is 191 Å². The summed E-state index contributed by atoms with van der Waals surface area (Å²) in [4.78, 5) is 4.34. The summed E-state index contributed by atoms with van der Waals surface area (Å²) in [6.07, 6.45) is 18.5. The molecule has 2 aromatic rings. The van der Waals surface area contributed by atoms with Crippen LogP contribution in [0.25, 0.3) is 11.1 Å². The molecule has 32 heavy (non-hydrogen) atoms. The van der Waals surface area contributed by atoms with Crippen LogP contribution in [0.4, 0.5) is 11.4 Å². The SMILES string of the molecule is C=C1/C=C\C=C/N(C)/C=C\C(c2ccc3c(c2)C(=C)C=CCN3c2ccccc2)=C/C1=C. The zero-order chi connectivity index (χ0) is 22.5. The van der Waals surface area contributed by atoms with Crippen molar-refractivity contribution in [2.45, 2.75) is 0 Å². The molecule has 0 spiro atoms. The van der Waals surface area contributed by atoms with Gasteiger partial charge in [-0.05, 0) is 70.3 Å². The van der Waals surface area contributed by atoms with Crippen molar-refractivity contribution in [1.82, 2.24) is 4.90 Å². The van der Waals surface area contributed by atoms with E-state index in [-0.39, 0.29) is 0 Å². The number of hydrogen-bond donors (Lipinski definition) is 0. The van der Waals surface area contributed by atoms with E-state index in [9.17, 15) is 0 Å². The third kappa shape index (κ3) is 4.65. The van der Waals surface area contributed by atoms with Crippen molar-refractivity contribution in [3.8, 4) is 0 Å². The van der Waals surface area contributed by atoms with Crippen LogP contribution in [-0.2, 0) is 0 Å². The fraction of sp³-hybridized carbons (Fsp3) is 0.0667. The maximum atomic E-state index is 4.33. The largest absolute Gasteiger partial charge is 0.357 e. The fourth-order valence-corrected chi connectivity index (χ4v) is 3.77. The van der Waals surface area contributed by atoms with Gasteiger partial charge in [0.25, 0.3) is 0 Å². The number of hydrogen-bond acceptors (Lipinski definition) is 2. The third-order valence-electron chi connectivity index (χ3n) is 5.60. The van der Waals surface area contributed by atoms with Crippen LogP contribution in [0.1, 0.15) is 11.1 Å². The molecule has 0 bridgehead atoms. The number of allylic oxidation sites excluding steroid dienone is 10. The van der Waals surface area contributed by atoms with Crippen molar-refractivity contribution in [1.29, 1.82) is 0 Å². The molecule has 2 nitrogen and oxygen atoms in total. The smallest absolute Gasteiger partial charge is 0.0493 e. The lowest BCUT2D eigenvalue weighted by atomic mass is 9.95. The quantitative estimate of drug-likeness (QED) is 0.502. The Hall–Kier alpha value is -4.04. The maximum absolute atomic E-state index is 4.33. The van der Waals surface area contributed by atoms with Crippen LogP contribution in [0.15, 0.2) is 134 Å². The second-order valence-corrected chi connectivity index (χ2v) is 7.94. The van der Waals surface area contributed by atoms with Crippen molar-refractivity contribution in [2.24, 2.45) is 0 Å². The van der Waals surface area contributed by atoms with Crippen LogP contribution in [0.5, 0.6) is 0 Å². The minimum Gasteiger partial charge on any atom is -0.357 e. The Bertz CT molecular complexity index is 1200. The van der Waals surface area contributed by atoms with Crippen molar-refractivity contribution in [3.63, 3.8) is 0 Å². The first-order valence-electron chi connectivity index (χ1n) is 10.7. The van der Waals surface area contributed by atoms with Gasteiger partial charge in [0.2, 0.25) is 0 Å². The van der Waals surface area contributed by atoms with Crippen LogP contribution in [0, 0.1) is 0 Å². The minimum atomic E-state index is 0.804. The zero-order valence-electron chi connectivity index (χ0n) is 18.5. The molecule has 0 N–H and O–H groups in total. The predicted molar refractivity (Wildman–Crippen MR) is 140 cm³/mol. The molecule has 0 saturated heterocycles. The van der Waals surface area contributed by atoms with E-state index in [1.165, 1.54) is 5.69 Å². The summed E-state index contributed by atoms with van der Waals surface area (Å²) in [7, 11) is 2.02. The van der Waals surface area contributed by atoms with Gasteiger partial charge in [-0.3, -0.25) is 0 Å². The first kappa shape index (κ1) is 21.2. The van der Waals surface area contributed by atoms with Gasteiger partial charge in [-0.15, -0.1) is 0 Å². The Morgan fingerprint density at radius 3 is 2.41 bits per heavy atom. The molecule has 2 aromatic carbocycles. The van der Waals surface area contributed by atoms with Crippen LogP contribution >= 0.6 is 0 Å². The molecule has 2 heterocycles. The van der Waals surface area contributed by atoms with Gasteiger partial charge in [0, 0.05) is 42.9 Å². The van der Waals surface area contributed by atoms with Gasteiger partial charge in [0.1, 0.15) is 0 Å². The Morgan fingerprint density at radius 1 is 0.781 bits per heavy atom. The van der Waals surface area contributed by atoms with Gasteiger partial charge < -0.3 is 9.80 Å². The summed E-state index contributed by atoms with van der Waals surface area (Å²) in [6, 6.07) is 17.1. The molecule has 158 valence electrons. The zero-order valence-corrected chi connectivity index (χ0v) is 18.5. The van der Waals surface area contributed by atoms with Crippen molar-refractivity contribution in [3.05, 3.63) is 145 Å². The van der Waals surface area contributed by atoms with Crippen LogP contribution in [-0.4, -0.2) is 18.5 Å². The molecule has 0 aromatic heterocycles. The average Bonchev–Trinajstić information content (AvgIpc) is 2.98. The molecular formula is C30H28N2. The van der Waals surface area contributed by atoms with Gasteiger partial charge in [0.15, 0.2) is 0 Å². The monoisotopic (exact) mass is 416 g/mol. The van der Waals surface area contributed by atoms with Gasteiger partial charge in [0.05, 0.1) is 0 Å². The van der Waals surface area contributed by atoms with E-state index in [1.54, 1.807) is 0 Å². The minimum absolute atomic E-state index is 0.804. The summed E-state index contributed by atoms with van der Waals surface area (Å²) in [5, 5.41) is 0. The highest BCUT2D eigenvalue weighted by Gasteiger charge is 2.17. The molecule has 0 radical (unpaired) electrons. The molecule has 2 aliphatic heterocycles. The lowest BCUT2D eigenvalue weighted by Gasteiger charge is -2.25. The van der Waals surface area contributed by atoms with E-state index in [4.69, 9.17) is 0 Å². The first-order chi connectivity index (χ1) is 15.5. The van der Waals surface area contributed by atoms with Gasteiger partial charge in [-0.1, -0.05) is 68.3 Å². The lowest BCUT2D eigenvalue weighted by Crippen LogP contribution is -2.17. The van der Waals surface area contributed by atoms with Crippen molar-refractivity contribution >= 4 is 22.5 Å². The lowest BCUT2D eigenvalue weighted by molar-refractivity contribution is 0.626. The van der Waals surface area contributed by atoms with E-state index in [0.717, 1.165) is 45.7 Å². The number of anilines is 2. The van der Waals surface area contributed by atoms with Gasteiger partial charge >= 0.3 is 0 Å². The topological polar surface area (TPSA) is 6.48 Å². The average molecular weight is 417 g/mol. The normalized spacial score (nSPS) is 21.2. The van der Waals surface area contributed by atoms with E-state index < -0.39 is 0 Å². The van der Waals surface area contributed by atoms with Crippen molar-refractivity contribution < 1.29 is 0 Å². The van der Waals surface area contributed by atoms with Crippen LogP contribution in [0.2, 0.25) is 0 Å². The third-order valence-corrected chi connectivity index (χ3v) is 5.60. The fourth-order valence-electron chi connectivity index (χ4n) is 3.77.